The highest BCUT2D eigenvalue weighted by molar-refractivity contribution is 7.92. The molecule has 8 heteroatoms. The van der Waals surface area contributed by atoms with E-state index in [1.807, 2.05) is 6.92 Å². The van der Waals surface area contributed by atoms with Crippen molar-refractivity contribution in [3.8, 4) is 0 Å². The van der Waals surface area contributed by atoms with E-state index >= 15 is 0 Å². The molecule has 2 aliphatic rings. The number of hydrogen-bond acceptors (Lipinski definition) is 4. The molecule has 2 fully saturated rings. The number of sulfonamides is 1. The van der Waals surface area contributed by atoms with Crippen LogP contribution in [0.15, 0.2) is 18.2 Å². The Morgan fingerprint density at radius 1 is 1.27 bits per heavy atom. The van der Waals surface area contributed by atoms with Crippen molar-refractivity contribution < 1.29 is 13.2 Å². The number of halogens is 1. The first-order chi connectivity index (χ1) is 11.9. The van der Waals surface area contributed by atoms with Gasteiger partial charge in [-0.15, -0.1) is 12.4 Å². The zero-order valence-corrected chi connectivity index (χ0v) is 16.9. The maximum Gasteiger partial charge on any atom is 0.241 e. The molecule has 0 radical (unpaired) electrons. The Morgan fingerprint density at radius 3 is 2.65 bits per heavy atom. The average molecular weight is 402 g/mol. The Bertz CT molecular complexity index is 740. The van der Waals surface area contributed by atoms with Crippen LogP contribution in [-0.4, -0.2) is 32.2 Å². The van der Waals surface area contributed by atoms with Gasteiger partial charge in [-0.25, -0.2) is 8.42 Å². The van der Waals surface area contributed by atoms with Gasteiger partial charge in [0.15, 0.2) is 0 Å². The third-order valence-corrected chi connectivity index (χ3v) is 6.61. The van der Waals surface area contributed by atoms with Gasteiger partial charge in [-0.1, -0.05) is 12.8 Å². The van der Waals surface area contributed by atoms with Crippen molar-refractivity contribution >= 4 is 39.7 Å². The van der Waals surface area contributed by atoms with E-state index in [4.69, 9.17) is 0 Å². The normalized spacial score (nSPS) is 25.1. The Balaban J connectivity index is 0.00000243. The third kappa shape index (κ3) is 4.90. The van der Waals surface area contributed by atoms with E-state index in [1.54, 1.807) is 25.1 Å². The zero-order chi connectivity index (χ0) is 18.0. The van der Waals surface area contributed by atoms with E-state index in [9.17, 15) is 13.2 Å². The minimum absolute atomic E-state index is 0. The van der Waals surface area contributed by atoms with Crippen LogP contribution >= 0.6 is 12.4 Å². The molecule has 1 saturated heterocycles. The summed E-state index contributed by atoms with van der Waals surface area (Å²) in [5, 5.41) is 6.43. The molecule has 1 heterocycles. The number of anilines is 2. The summed E-state index contributed by atoms with van der Waals surface area (Å²) in [5.74, 6) is 0.647. The summed E-state index contributed by atoms with van der Waals surface area (Å²) >= 11 is 0. The fourth-order valence-corrected chi connectivity index (χ4v) is 4.55. The molecular formula is C18H28ClN3O3S. The quantitative estimate of drug-likeness (QED) is 0.707. The summed E-state index contributed by atoms with van der Waals surface area (Å²) in [7, 11) is -3.30. The van der Waals surface area contributed by atoms with E-state index < -0.39 is 10.0 Å². The molecule has 1 aromatic carbocycles. The second-order valence-corrected chi connectivity index (χ2v) is 9.14. The van der Waals surface area contributed by atoms with Crippen molar-refractivity contribution in [2.45, 2.75) is 58.0 Å². The molecule has 1 saturated carbocycles. The maximum atomic E-state index is 12.5. The van der Waals surface area contributed by atoms with Crippen molar-refractivity contribution in [2.75, 3.05) is 15.8 Å². The lowest BCUT2D eigenvalue weighted by Gasteiger charge is -2.24. The first-order valence-electron chi connectivity index (χ1n) is 9.06. The van der Waals surface area contributed by atoms with Crippen molar-refractivity contribution in [2.24, 2.45) is 5.92 Å². The number of carbonyl (C=O) groups is 1. The number of carbonyl (C=O) groups excluding carboxylic acids is 1. The zero-order valence-electron chi connectivity index (χ0n) is 15.2. The third-order valence-electron chi connectivity index (χ3n) is 5.32. The summed E-state index contributed by atoms with van der Waals surface area (Å²) < 4.78 is 25.9. The maximum absolute atomic E-state index is 12.5. The van der Waals surface area contributed by atoms with Crippen LogP contribution < -0.4 is 15.4 Å². The van der Waals surface area contributed by atoms with Crippen molar-refractivity contribution in [3.05, 3.63) is 23.8 Å². The number of aryl methyl sites for hydroxylation is 1. The van der Waals surface area contributed by atoms with E-state index in [0.717, 1.165) is 12.0 Å². The van der Waals surface area contributed by atoms with Crippen LogP contribution in [0.5, 0.6) is 0 Å². The monoisotopic (exact) mass is 401 g/mol. The Kier molecular flexibility index (Phi) is 6.93. The molecule has 0 spiro atoms. The van der Waals surface area contributed by atoms with Crippen LogP contribution in [0.4, 0.5) is 11.4 Å². The van der Waals surface area contributed by atoms with Gasteiger partial charge in [-0.3, -0.25) is 9.52 Å². The van der Waals surface area contributed by atoms with Gasteiger partial charge in [-0.2, -0.15) is 0 Å². The number of fused-ring (bicyclic) bond motifs is 1. The van der Waals surface area contributed by atoms with E-state index in [2.05, 4.69) is 15.4 Å². The SMILES string of the molecule is CCS(=O)(=O)Nc1ccc(NC(=O)C2CC3CCCCC3N2)cc1C.Cl. The predicted molar refractivity (Wildman–Crippen MR) is 107 cm³/mol. The molecule has 3 unspecified atom stereocenters. The molecule has 26 heavy (non-hydrogen) atoms. The van der Waals surface area contributed by atoms with Gasteiger partial charge in [-0.05, 0) is 62.8 Å². The number of hydrogen-bond donors (Lipinski definition) is 3. The molecule has 0 aromatic heterocycles. The van der Waals surface area contributed by atoms with Crippen molar-refractivity contribution in [1.82, 2.24) is 5.32 Å². The molecule has 1 aliphatic heterocycles. The summed E-state index contributed by atoms with van der Waals surface area (Å²) in [6.07, 6.45) is 5.80. The Labute approximate surface area is 162 Å². The first kappa shape index (κ1) is 21.0. The van der Waals surface area contributed by atoms with Crippen LogP contribution in [0, 0.1) is 12.8 Å². The Morgan fingerprint density at radius 2 is 2.00 bits per heavy atom. The van der Waals surface area contributed by atoms with Gasteiger partial charge in [0, 0.05) is 11.7 Å². The van der Waals surface area contributed by atoms with Gasteiger partial charge >= 0.3 is 0 Å². The molecule has 1 aromatic rings. The highest BCUT2D eigenvalue weighted by atomic mass is 35.5. The molecule has 6 nitrogen and oxygen atoms in total. The molecular weight excluding hydrogens is 374 g/mol. The Hall–Kier alpha value is -1.31. The fraction of sp³-hybridized carbons (Fsp3) is 0.611. The second kappa shape index (κ2) is 8.59. The number of rotatable bonds is 5. The predicted octanol–water partition coefficient (Wildman–Crippen LogP) is 3.04. The van der Waals surface area contributed by atoms with Crippen molar-refractivity contribution in [3.63, 3.8) is 0 Å². The lowest BCUT2D eigenvalue weighted by molar-refractivity contribution is -0.117. The lowest BCUT2D eigenvalue weighted by atomic mass is 9.85. The van der Waals surface area contributed by atoms with Gasteiger partial charge in [0.25, 0.3) is 0 Å². The molecule has 3 N–H and O–H groups in total. The molecule has 3 atom stereocenters. The smallest absolute Gasteiger partial charge is 0.241 e. The number of nitrogens with one attached hydrogen (secondary N) is 3. The van der Waals surface area contributed by atoms with Crippen LogP contribution in [0.2, 0.25) is 0 Å². The lowest BCUT2D eigenvalue weighted by Crippen LogP contribution is -2.39. The van der Waals surface area contributed by atoms with Crippen LogP contribution in [0.3, 0.4) is 0 Å². The molecule has 0 bridgehead atoms. The van der Waals surface area contributed by atoms with Crippen LogP contribution in [0.1, 0.15) is 44.6 Å². The largest absolute Gasteiger partial charge is 0.325 e. The average Bonchev–Trinajstić information content (AvgIpc) is 3.01. The highest BCUT2D eigenvalue weighted by Crippen LogP contribution is 2.33. The summed E-state index contributed by atoms with van der Waals surface area (Å²) in [4.78, 5) is 12.5. The molecule has 1 aliphatic carbocycles. The summed E-state index contributed by atoms with van der Waals surface area (Å²) in [6, 6.07) is 5.58. The van der Waals surface area contributed by atoms with Gasteiger partial charge in [0.05, 0.1) is 17.5 Å². The van der Waals surface area contributed by atoms with Gasteiger partial charge in [0.1, 0.15) is 0 Å². The summed E-state index contributed by atoms with van der Waals surface area (Å²) in [6.45, 7) is 3.42. The fourth-order valence-electron chi connectivity index (χ4n) is 3.85. The summed E-state index contributed by atoms with van der Waals surface area (Å²) in [5.41, 5.74) is 2.02. The first-order valence-corrected chi connectivity index (χ1v) is 10.7. The van der Waals surface area contributed by atoms with Crippen molar-refractivity contribution in [1.29, 1.82) is 0 Å². The van der Waals surface area contributed by atoms with E-state index in [1.165, 1.54) is 25.7 Å². The highest BCUT2D eigenvalue weighted by Gasteiger charge is 2.38. The van der Waals surface area contributed by atoms with Gasteiger partial charge in [0.2, 0.25) is 15.9 Å². The van der Waals surface area contributed by atoms with Crippen LogP contribution in [0.25, 0.3) is 0 Å². The van der Waals surface area contributed by atoms with E-state index in [-0.39, 0.29) is 30.1 Å². The number of amides is 1. The molecule has 3 rings (SSSR count). The number of benzene rings is 1. The topological polar surface area (TPSA) is 87.3 Å². The second-order valence-electron chi connectivity index (χ2n) is 7.13. The van der Waals surface area contributed by atoms with Gasteiger partial charge < -0.3 is 10.6 Å². The molecule has 146 valence electrons. The van der Waals surface area contributed by atoms with E-state index in [0.29, 0.717) is 23.3 Å². The minimum atomic E-state index is -3.30. The minimum Gasteiger partial charge on any atom is -0.325 e. The standard InChI is InChI=1S/C18H27N3O3S.ClH/c1-3-25(23,24)21-15-9-8-14(10-12(15)2)19-18(22)17-11-13-6-4-5-7-16(13)20-17;/h8-10,13,16-17,20-21H,3-7,11H2,1-2H3,(H,19,22);1H. The molecule has 1 amide bonds. The van der Waals surface area contributed by atoms with Crippen LogP contribution in [-0.2, 0) is 14.8 Å².